The number of thiophene rings is 1. The summed E-state index contributed by atoms with van der Waals surface area (Å²) in [6.07, 6.45) is 0. The maximum atomic E-state index is 12.2. The number of carbonyl (C=O) groups is 1. The second-order valence-corrected chi connectivity index (χ2v) is 5.66. The highest BCUT2D eigenvalue weighted by Crippen LogP contribution is 2.25. The van der Waals surface area contributed by atoms with Crippen LogP contribution in [0.5, 0.6) is 0 Å². The molecular formula is C13H18N4OS. The van der Waals surface area contributed by atoms with Crippen molar-refractivity contribution in [3.05, 3.63) is 27.7 Å². The molecular weight excluding hydrogens is 260 g/mol. The number of carbonyl (C=O) groups excluding carboxylic acids is 1. The maximum Gasteiger partial charge on any atom is 0.267 e. The molecule has 2 aromatic heterocycles. The van der Waals surface area contributed by atoms with Gasteiger partial charge in [-0.05, 0) is 39.1 Å². The molecule has 0 aliphatic heterocycles. The van der Waals surface area contributed by atoms with E-state index in [4.69, 9.17) is 5.73 Å². The zero-order chi connectivity index (χ0) is 14.2. The highest BCUT2D eigenvalue weighted by molar-refractivity contribution is 7.12. The molecule has 2 rings (SSSR count). The Labute approximate surface area is 116 Å². The number of nitrogens with zero attached hydrogens (tertiary/aromatic N) is 2. The summed E-state index contributed by atoms with van der Waals surface area (Å²) in [5.41, 5.74) is 8.80. The minimum absolute atomic E-state index is 0.179. The quantitative estimate of drug-likeness (QED) is 0.906. The molecule has 0 bridgehead atoms. The van der Waals surface area contributed by atoms with E-state index < -0.39 is 0 Å². The van der Waals surface area contributed by atoms with E-state index in [-0.39, 0.29) is 11.9 Å². The average Bonchev–Trinajstić information content (AvgIpc) is 2.87. The van der Waals surface area contributed by atoms with Crippen molar-refractivity contribution in [1.29, 1.82) is 0 Å². The van der Waals surface area contributed by atoms with Crippen molar-refractivity contribution in [2.24, 2.45) is 0 Å². The van der Waals surface area contributed by atoms with Crippen LogP contribution in [-0.4, -0.2) is 15.7 Å². The molecule has 0 aliphatic carbocycles. The number of nitrogen functional groups attached to an aromatic ring is 1. The largest absolute Gasteiger partial charge is 0.397 e. The first kappa shape index (κ1) is 13.6. The predicted octanol–water partition coefficient (Wildman–Crippen LogP) is 2.98. The van der Waals surface area contributed by atoms with Gasteiger partial charge in [-0.25, -0.2) is 0 Å². The molecule has 2 aromatic rings. The lowest BCUT2D eigenvalue weighted by molar-refractivity contribution is 0.103. The van der Waals surface area contributed by atoms with E-state index in [2.05, 4.69) is 24.3 Å². The van der Waals surface area contributed by atoms with Gasteiger partial charge in [-0.3, -0.25) is 9.48 Å². The third-order valence-electron chi connectivity index (χ3n) is 2.95. The number of nitrogens with one attached hydrogen (secondary N) is 1. The fourth-order valence-corrected chi connectivity index (χ4v) is 2.73. The standard InChI is InChI=1S/C13H18N4OS/c1-7(2)17-9(4)11(8(3)16-17)15-13(18)12-10(14)5-6-19-12/h5-7H,14H2,1-4H3,(H,15,18). The van der Waals surface area contributed by atoms with Crippen LogP contribution in [0, 0.1) is 13.8 Å². The summed E-state index contributed by atoms with van der Waals surface area (Å²) in [7, 11) is 0. The third-order valence-corrected chi connectivity index (χ3v) is 3.88. The number of hydrogen-bond donors (Lipinski definition) is 2. The Morgan fingerprint density at radius 3 is 2.63 bits per heavy atom. The number of rotatable bonds is 3. The molecule has 3 N–H and O–H groups in total. The van der Waals surface area contributed by atoms with Crippen LogP contribution >= 0.6 is 11.3 Å². The van der Waals surface area contributed by atoms with Crippen molar-refractivity contribution >= 4 is 28.6 Å². The summed E-state index contributed by atoms with van der Waals surface area (Å²) < 4.78 is 1.91. The normalized spacial score (nSPS) is 11.0. The number of hydrogen-bond acceptors (Lipinski definition) is 4. The SMILES string of the molecule is Cc1nn(C(C)C)c(C)c1NC(=O)c1sccc1N. The van der Waals surface area contributed by atoms with Crippen molar-refractivity contribution < 1.29 is 4.79 Å². The zero-order valence-corrected chi connectivity index (χ0v) is 12.3. The van der Waals surface area contributed by atoms with Gasteiger partial charge in [-0.1, -0.05) is 0 Å². The Morgan fingerprint density at radius 1 is 1.47 bits per heavy atom. The van der Waals surface area contributed by atoms with Crippen molar-refractivity contribution in [2.45, 2.75) is 33.7 Å². The summed E-state index contributed by atoms with van der Waals surface area (Å²) in [4.78, 5) is 12.7. The second-order valence-electron chi connectivity index (χ2n) is 4.74. The first-order chi connectivity index (χ1) is 8.91. The van der Waals surface area contributed by atoms with Gasteiger partial charge in [0.05, 0.1) is 22.8 Å². The first-order valence-corrected chi connectivity index (χ1v) is 6.99. The third kappa shape index (κ3) is 2.49. The molecule has 0 aliphatic rings. The average molecular weight is 278 g/mol. The van der Waals surface area contributed by atoms with E-state index in [0.29, 0.717) is 10.6 Å². The van der Waals surface area contributed by atoms with Crippen molar-refractivity contribution in [1.82, 2.24) is 9.78 Å². The van der Waals surface area contributed by atoms with Gasteiger partial charge < -0.3 is 11.1 Å². The fraction of sp³-hybridized carbons (Fsp3) is 0.385. The maximum absolute atomic E-state index is 12.2. The molecule has 1 amide bonds. The zero-order valence-electron chi connectivity index (χ0n) is 11.5. The Balaban J connectivity index is 2.30. The van der Waals surface area contributed by atoms with Crippen LogP contribution in [0.15, 0.2) is 11.4 Å². The molecule has 0 atom stereocenters. The number of anilines is 2. The van der Waals surface area contributed by atoms with Crippen molar-refractivity contribution in [2.75, 3.05) is 11.1 Å². The monoisotopic (exact) mass is 278 g/mol. The van der Waals surface area contributed by atoms with E-state index in [0.717, 1.165) is 17.1 Å². The van der Waals surface area contributed by atoms with Gasteiger partial charge in [0.25, 0.3) is 5.91 Å². The first-order valence-electron chi connectivity index (χ1n) is 6.11. The number of aromatic nitrogens is 2. The van der Waals surface area contributed by atoms with Crippen molar-refractivity contribution in [3.63, 3.8) is 0 Å². The summed E-state index contributed by atoms with van der Waals surface area (Å²) in [5.74, 6) is -0.179. The van der Waals surface area contributed by atoms with E-state index in [9.17, 15) is 4.79 Å². The molecule has 0 spiro atoms. The Bertz CT molecular complexity index is 612. The Kier molecular flexibility index (Phi) is 3.61. The molecule has 5 nitrogen and oxygen atoms in total. The predicted molar refractivity (Wildman–Crippen MR) is 78.8 cm³/mol. The molecule has 19 heavy (non-hydrogen) atoms. The van der Waals surface area contributed by atoms with E-state index in [1.54, 1.807) is 6.07 Å². The van der Waals surface area contributed by atoms with E-state index in [1.165, 1.54) is 11.3 Å². The van der Waals surface area contributed by atoms with Crippen LogP contribution in [0.2, 0.25) is 0 Å². The highest BCUT2D eigenvalue weighted by atomic mass is 32.1. The summed E-state index contributed by atoms with van der Waals surface area (Å²) in [6, 6.07) is 1.99. The number of amides is 1. The number of nitrogens with two attached hydrogens (primary N) is 1. The van der Waals surface area contributed by atoms with Gasteiger partial charge in [-0.15, -0.1) is 11.3 Å². The topological polar surface area (TPSA) is 72.9 Å². The van der Waals surface area contributed by atoms with E-state index >= 15 is 0 Å². The van der Waals surface area contributed by atoms with Gasteiger partial charge in [0.2, 0.25) is 0 Å². The molecule has 0 radical (unpaired) electrons. The lowest BCUT2D eigenvalue weighted by atomic mass is 10.3. The molecule has 102 valence electrons. The molecule has 0 saturated heterocycles. The minimum Gasteiger partial charge on any atom is -0.397 e. The van der Waals surface area contributed by atoms with Crippen LogP contribution in [0.25, 0.3) is 0 Å². The number of aryl methyl sites for hydroxylation is 1. The molecule has 0 saturated carbocycles. The Hall–Kier alpha value is -1.82. The van der Waals surface area contributed by atoms with Crippen LogP contribution in [0.4, 0.5) is 11.4 Å². The molecule has 6 heteroatoms. The van der Waals surface area contributed by atoms with Crippen LogP contribution in [-0.2, 0) is 0 Å². The smallest absolute Gasteiger partial charge is 0.267 e. The van der Waals surface area contributed by atoms with Gasteiger partial charge in [0.15, 0.2) is 0 Å². The van der Waals surface area contributed by atoms with Gasteiger partial charge in [0.1, 0.15) is 4.88 Å². The van der Waals surface area contributed by atoms with Crippen LogP contribution in [0.3, 0.4) is 0 Å². The Morgan fingerprint density at radius 2 is 2.16 bits per heavy atom. The lowest BCUT2D eigenvalue weighted by Gasteiger charge is -2.09. The summed E-state index contributed by atoms with van der Waals surface area (Å²) >= 11 is 1.34. The molecule has 0 aromatic carbocycles. The van der Waals surface area contributed by atoms with E-state index in [1.807, 2.05) is 23.9 Å². The highest BCUT2D eigenvalue weighted by Gasteiger charge is 2.18. The second kappa shape index (κ2) is 5.05. The molecule has 0 unspecified atom stereocenters. The van der Waals surface area contributed by atoms with Crippen LogP contribution < -0.4 is 11.1 Å². The van der Waals surface area contributed by atoms with Gasteiger partial charge >= 0.3 is 0 Å². The molecule has 0 fully saturated rings. The van der Waals surface area contributed by atoms with Gasteiger partial charge in [0, 0.05) is 6.04 Å². The fourth-order valence-electron chi connectivity index (χ4n) is 2.02. The lowest BCUT2D eigenvalue weighted by Crippen LogP contribution is -2.13. The minimum atomic E-state index is -0.179. The van der Waals surface area contributed by atoms with Crippen LogP contribution in [0.1, 0.15) is 40.9 Å². The van der Waals surface area contributed by atoms with Gasteiger partial charge in [-0.2, -0.15) is 5.10 Å². The summed E-state index contributed by atoms with van der Waals surface area (Å²) in [5, 5.41) is 9.15. The van der Waals surface area contributed by atoms with Crippen molar-refractivity contribution in [3.8, 4) is 0 Å². The summed E-state index contributed by atoms with van der Waals surface area (Å²) in [6.45, 7) is 7.96. The molecule has 2 heterocycles.